The molecule has 0 spiro atoms. The predicted octanol–water partition coefficient (Wildman–Crippen LogP) is 3.54. The number of nitrogens with two attached hydrogens (primary N) is 1. The summed E-state index contributed by atoms with van der Waals surface area (Å²) in [5.74, 6) is -2.63. The van der Waals surface area contributed by atoms with Crippen LogP contribution in [0.4, 0.5) is 32.2 Å². The molecule has 0 aliphatic rings. The summed E-state index contributed by atoms with van der Waals surface area (Å²) >= 11 is 12.5. The fourth-order valence-electron chi connectivity index (χ4n) is 2.30. The van der Waals surface area contributed by atoms with Gasteiger partial charge in [-0.1, -0.05) is 0 Å². The molecule has 14 heteroatoms. The van der Waals surface area contributed by atoms with E-state index in [1.54, 1.807) is 0 Å². The van der Waals surface area contributed by atoms with Crippen molar-refractivity contribution < 1.29 is 26.3 Å². The number of fused-ring (bicyclic) bond motifs is 1. The van der Waals surface area contributed by atoms with Gasteiger partial charge in [-0.2, -0.15) is 0 Å². The molecule has 0 bridgehead atoms. The Bertz CT molecular complexity index is 1040. The molecule has 0 fully saturated rings. The van der Waals surface area contributed by atoms with Crippen molar-refractivity contribution in [2.45, 2.75) is 12.4 Å². The molecule has 0 aliphatic carbocycles. The van der Waals surface area contributed by atoms with Crippen LogP contribution in [0.3, 0.4) is 0 Å². The van der Waals surface area contributed by atoms with Gasteiger partial charge in [0.15, 0.2) is 0 Å². The zero-order valence-electron chi connectivity index (χ0n) is 12.6. The number of benzene rings is 1. The average molecular weight is 619 g/mol. The van der Waals surface area contributed by atoms with Gasteiger partial charge < -0.3 is 0 Å². The van der Waals surface area contributed by atoms with E-state index in [2.05, 4.69) is 15.1 Å². The van der Waals surface area contributed by atoms with Crippen LogP contribution >= 0.6 is 23.2 Å². The van der Waals surface area contributed by atoms with Crippen molar-refractivity contribution in [3.63, 3.8) is 0 Å². The van der Waals surface area contributed by atoms with Gasteiger partial charge in [-0.3, -0.25) is 0 Å². The summed E-state index contributed by atoms with van der Waals surface area (Å²) in [5, 5.41) is 2.84. The molecule has 1 aromatic carbocycles. The van der Waals surface area contributed by atoms with E-state index in [9.17, 15) is 26.3 Å². The first-order valence-electron chi connectivity index (χ1n) is 6.76. The third-order valence-corrected chi connectivity index (χ3v) is 5.21. The third kappa shape index (κ3) is 3.68. The maximum absolute atomic E-state index is 13.3. The molecule has 2 aromatic heterocycles. The molecule has 140 valence electrons. The molecule has 0 radical (unpaired) electrons. The van der Waals surface area contributed by atoms with Crippen molar-refractivity contribution in [1.82, 2.24) is 19.7 Å². The van der Waals surface area contributed by atoms with Crippen LogP contribution < -0.4 is 8.86 Å². The molecular formula is C13H4Cl2F6N5Tl. The molecule has 0 aliphatic heterocycles. The Morgan fingerprint density at radius 1 is 0.963 bits per heavy atom. The van der Waals surface area contributed by atoms with E-state index in [0.717, 1.165) is 7.80 Å². The third-order valence-electron chi connectivity index (χ3n) is 3.34. The van der Waals surface area contributed by atoms with Gasteiger partial charge in [-0.15, -0.1) is 0 Å². The van der Waals surface area contributed by atoms with E-state index in [4.69, 9.17) is 28.9 Å². The summed E-state index contributed by atoms with van der Waals surface area (Å²) in [6, 6.07) is 3.02. The Balaban J connectivity index is 2.42. The Hall–Kier alpha value is -1.35. The Morgan fingerprint density at radius 3 is 2.00 bits per heavy atom. The van der Waals surface area contributed by atoms with Gasteiger partial charge in [0.1, 0.15) is 0 Å². The average Bonchev–Trinajstić information content (AvgIpc) is 2.80. The number of alkyl halides is 6. The first-order chi connectivity index (χ1) is 12.3. The predicted molar refractivity (Wildman–Crippen MR) is 86.5 cm³/mol. The minimum absolute atomic E-state index is 0.0251. The van der Waals surface area contributed by atoms with Crippen molar-refractivity contribution in [1.29, 1.82) is 0 Å². The van der Waals surface area contributed by atoms with E-state index in [-0.39, 0.29) is 15.7 Å². The second-order valence-electron chi connectivity index (χ2n) is 5.22. The van der Waals surface area contributed by atoms with Gasteiger partial charge >= 0.3 is 173 Å². The summed E-state index contributed by atoms with van der Waals surface area (Å²) in [5.41, 5.74) is 2.93. The van der Waals surface area contributed by atoms with Crippen LogP contribution in [0.5, 0.6) is 0 Å². The van der Waals surface area contributed by atoms with E-state index < -0.39 is 40.7 Å². The second kappa shape index (κ2) is 6.62. The summed E-state index contributed by atoms with van der Waals surface area (Å²) in [7, 11) is 0. The van der Waals surface area contributed by atoms with Crippen molar-refractivity contribution in [3.05, 3.63) is 33.7 Å². The van der Waals surface area contributed by atoms with Crippen LogP contribution in [0, 0.1) is 0 Å². The number of nitrogen functional groups attached to an aromatic ring is 1. The zero-order chi connectivity index (χ0) is 20.3. The fraction of sp³-hybridized carbons (Fsp3) is 0.154. The SMILES string of the molecule is Nc1c2c(C(F)(F)F)nc(C(F)(F)F)nc2nn1-c1c(Cl)c[c]([Tl])cc1Cl. The topological polar surface area (TPSA) is 69.6 Å². The minimum atomic E-state index is -5.23. The normalized spacial score (nSPS) is 12.7. The van der Waals surface area contributed by atoms with Crippen LogP contribution in [0.2, 0.25) is 10.0 Å². The molecule has 5 nitrogen and oxygen atoms in total. The van der Waals surface area contributed by atoms with Crippen LogP contribution in [0.25, 0.3) is 16.7 Å². The number of hydrogen-bond donors (Lipinski definition) is 1. The summed E-state index contributed by atoms with van der Waals surface area (Å²) in [4.78, 5) is 5.70. The molecule has 0 atom stereocenters. The van der Waals surface area contributed by atoms with Crippen LogP contribution in [0.1, 0.15) is 11.5 Å². The molecule has 27 heavy (non-hydrogen) atoms. The van der Waals surface area contributed by atoms with Crippen LogP contribution in [-0.4, -0.2) is 45.5 Å². The second-order valence-corrected chi connectivity index (χ2v) is 8.63. The quantitative estimate of drug-likeness (QED) is 0.335. The van der Waals surface area contributed by atoms with E-state index in [1.807, 2.05) is 0 Å². The first kappa shape index (κ1) is 20.4. The zero-order valence-corrected chi connectivity index (χ0v) is 18.6. The summed E-state index contributed by atoms with van der Waals surface area (Å²) in [6.45, 7) is 0. The monoisotopic (exact) mass is 619 g/mol. The molecular weight excluding hydrogens is 615 g/mol. The van der Waals surface area contributed by atoms with Crippen molar-refractivity contribution in [3.8, 4) is 5.69 Å². The number of nitrogens with zero attached hydrogens (tertiary/aromatic N) is 4. The van der Waals surface area contributed by atoms with Gasteiger partial charge in [-0.25, -0.2) is 0 Å². The van der Waals surface area contributed by atoms with Crippen molar-refractivity contribution >= 4 is 68.9 Å². The van der Waals surface area contributed by atoms with Crippen molar-refractivity contribution in [2.75, 3.05) is 5.73 Å². The molecule has 0 unspecified atom stereocenters. The Kier molecular flexibility index (Phi) is 5.00. The summed E-state index contributed by atoms with van der Waals surface area (Å²) in [6.07, 6.45) is -10.4. The van der Waals surface area contributed by atoms with Gasteiger partial charge in [0.25, 0.3) is 0 Å². The molecule has 2 heterocycles. The molecule has 2 N–H and O–H groups in total. The Labute approximate surface area is 172 Å². The number of rotatable bonds is 1. The van der Waals surface area contributed by atoms with E-state index in [1.165, 1.54) is 12.1 Å². The summed E-state index contributed by atoms with van der Waals surface area (Å²) < 4.78 is 80.1. The molecule has 3 aromatic rings. The maximum atomic E-state index is 13.3. The number of aromatic nitrogens is 4. The number of anilines is 1. The van der Waals surface area contributed by atoms with Gasteiger partial charge in [-0.05, 0) is 0 Å². The fourth-order valence-corrected chi connectivity index (χ4v) is 5.08. The Morgan fingerprint density at radius 2 is 1.52 bits per heavy atom. The van der Waals surface area contributed by atoms with Gasteiger partial charge in [0, 0.05) is 0 Å². The molecule has 0 amide bonds. The van der Waals surface area contributed by atoms with Gasteiger partial charge in [0.05, 0.1) is 0 Å². The van der Waals surface area contributed by atoms with Crippen molar-refractivity contribution in [2.24, 2.45) is 0 Å². The number of halogens is 8. The standard InChI is InChI=1S/C13H4Cl2F6N5.Tl/c14-4-2-1-3-5(15)7(4)26-9(22)6-8(12(16,17)18)23-11(13(19,20)21)24-10(6)25-26;/h2-3H,22H2;. The number of hydrogen-bond acceptors (Lipinski definition) is 4. The molecule has 3 rings (SSSR count). The van der Waals surface area contributed by atoms with Gasteiger partial charge in [0.2, 0.25) is 0 Å². The molecule has 0 saturated carbocycles. The first-order valence-corrected chi connectivity index (χ1v) is 9.76. The van der Waals surface area contributed by atoms with E-state index >= 15 is 0 Å². The molecule has 0 saturated heterocycles. The van der Waals surface area contributed by atoms with Crippen LogP contribution in [0.15, 0.2) is 12.1 Å². The van der Waals surface area contributed by atoms with E-state index in [0.29, 0.717) is 25.8 Å². The van der Waals surface area contributed by atoms with Crippen LogP contribution in [-0.2, 0) is 12.4 Å².